The van der Waals surface area contributed by atoms with Gasteiger partial charge in [0.15, 0.2) is 0 Å². The second-order valence-electron chi connectivity index (χ2n) is 5.47. The lowest BCUT2D eigenvalue weighted by Crippen LogP contribution is -2.42. The zero-order valence-electron chi connectivity index (χ0n) is 10.9. The molecular formula is C15H20N2O. The van der Waals surface area contributed by atoms with Crippen LogP contribution in [0.4, 0.5) is 5.69 Å². The lowest BCUT2D eigenvalue weighted by molar-refractivity contribution is -0.129. The van der Waals surface area contributed by atoms with Crippen LogP contribution in [0, 0.1) is 6.92 Å². The van der Waals surface area contributed by atoms with E-state index in [1.54, 1.807) is 0 Å². The summed E-state index contributed by atoms with van der Waals surface area (Å²) in [5.41, 5.74) is 2.39. The van der Waals surface area contributed by atoms with Crippen molar-refractivity contribution in [1.82, 2.24) is 4.90 Å². The smallest absolute Gasteiger partial charge is 0.225 e. The molecule has 3 heteroatoms. The first-order valence-electron chi connectivity index (χ1n) is 6.87. The van der Waals surface area contributed by atoms with E-state index in [4.69, 9.17) is 0 Å². The third-order valence-electron chi connectivity index (χ3n) is 4.10. The highest BCUT2D eigenvalue weighted by Crippen LogP contribution is 2.30. The summed E-state index contributed by atoms with van der Waals surface area (Å²) >= 11 is 0. The molecule has 2 atom stereocenters. The van der Waals surface area contributed by atoms with Gasteiger partial charge in [-0.1, -0.05) is 12.1 Å². The number of hydrogen-bond donors (Lipinski definition) is 1. The molecule has 2 aliphatic heterocycles. The van der Waals surface area contributed by atoms with Gasteiger partial charge in [-0.15, -0.1) is 0 Å². The molecule has 3 nitrogen and oxygen atoms in total. The van der Waals surface area contributed by atoms with Gasteiger partial charge in [0.25, 0.3) is 0 Å². The lowest BCUT2D eigenvalue weighted by Gasteiger charge is -2.33. The predicted molar refractivity (Wildman–Crippen MR) is 72.6 cm³/mol. The van der Waals surface area contributed by atoms with E-state index in [0.717, 1.165) is 18.7 Å². The zero-order valence-corrected chi connectivity index (χ0v) is 10.9. The van der Waals surface area contributed by atoms with Crippen LogP contribution in [0.15, 0.2) is 24.3 Å². The SMILES string of the molecule is Cc1cccc(NC2CC(=O)N3CCCCC23)c1. The van der Waals surface area contributed by atoms with Crippen molar-refractivity contribution in [2.45, 2.75) is 44.7 Å². The molecule has 18 heavy (non-hydrogen) atoms. The summed E-state index contributed by atoms with van der Waals surface area (Å²) in [7, 11) is 0. The molecule has 1 aromatic rings. The molecule has 2 unspecified atom stereocenters. The van der Waals surface area contributed by atoms with Crippen LogP contribution in [0.3, 0.4) is 0 Å². The summed E-state index contributed by atoms with van der Waals surface area (Å²) in [5.74, 6) is 0.324. The van der Waals surface area contributed by atoms with E-state index < -0.39 is 0 Å². The first kappa shape index (κ1) is 11.6. The number of aryl methyl sites for hydroxylation is 1. The second-order valence-corrected chi connectivity index (χ2v) is 5.47. The lowest BCUT2D eigenvalue weighted by atomic mass is 9.99. The van der Waals surface area contributed by atoms with Crippen molar-refractivity contribution in [1.29, 1.82) is 0 Å². The standard InChI is InChI=1S/C15H20N2O/c1-11-5-4-6-12(9-11)16-13-10-15(18)17-8-3-2-7-14(13)17/h4-6,9,13-14,16H,2-3,7-8,10H2,1H3. The van der Waals surface area contributed by atoms with Gasteiger partial charge < -0.3 is 10.2 Å². The van der Waals surface area contributed by atoms with Gasteiger partial charge in [-0.2, -0.15) is 0 Å². The molecule has 2 saturated heterocycles. The number of fused-ring (bicyclic) bond motifs is 1. The van der Waals surface area contributed by atoms with Gasteiger partial charge >= 0.3 is 0 Å². The van der Waals surface area contributed by atoms with Crippen molar-refractivity contribution >= 4 is 11.6 Å². The molecule has 2 fully saturated rings. The van der Waals surface area contributed by atoms with Crippen LogP contribution in [0.25, 0.3) is 0 Å². The topological polar surface area (TPSA) is 32.3 Å². The normalized spacial score (nSPS) is 27.2. The van der Waals surface area contributed by atoms with E-state index in [1.807, 2.05) is 0 Å². The van der Waals surface area contributed by atoms with Crippen molar-refractivity contribution in [3.63, 3.8) is 0 Å². The van der Waals surface area contributed by atoms with Crippen LogP contribution in [0.1, 0.15) is 31.2 Å². The van der Waals surface area contributed by atoms with Gasteiger partial charge in [-0.25, -0.2) is 0 Å². The van der Waals surface area contributed by atoms with Crippen molar-refractivity contribution in [3.8, 4) is 0 Å². The summed E-state index contributed by atoms with van der Waals surface area (Å²) in [6, 6.07) is 9.09. The molecule has 0 bridgehead atoms. The molecule has 1 amide bonds. The maximum atomic E-state index is 12.0. The van der Waals surface area contributed by atoms with E-state index in [2.05, 4.69) is 41.4 Å². The minimum atomic E-state index is 0.291. The maximum absolute atomic E-state index is 12.0. The number of piperidine rings is 1. The number of carbonyl (C=O) groups is 1. The zero-order chi connectivity index (χ0) is 12.5. The van der Waals surface area contributed by atoms with E-state index in [-0.39, 0.29) is 0 Å². The molecule has 0 spiro atoms. The fraction of sp³-hybridized carbons (Fsp3) is 0.533. The van der Waals surface area contributed by atoms with Crippen molar-refractivity contribution in [3.05, 3.63) is 29.8 Å². The fourth-order valence-electron chi connectivity index (χ4n) is 3.22. The Bertz CT molecular complexity index is 458. The average molecular weight is 244 g/mol. The van der Waals surface area contributed by atoms with E-state index in [9.17, 15) is 4.79 Å². The number of nitrogens with one attached hydrogen (secondary N) is 1. The maximum Gasteiger partial charge on any atom is 0.225 e. The second kappa shape index (κ2) is 4.63. The van der Waals surface area contributed by atoms with Crippen molar-refractivity contribution in [2.24, 2.45) is 0 Å². The van der Waals surface area contributed by atoms with Gasteiger partial charge in [0.1, 0.15) is 0 Å². The van der Waals surface area contributed by atoms with Gasteiger partial charge in [-0.05, 0) is 43.9 Å². The Hall–Kier alpha value is -1.51. The van der Waals surface area contributed by atoms with Gasteiger partial charge in [0, 0.05) is 18.7 Å². The van der Waals surface area contributed by atoms with Crippen LogP contribution in [-0.2, 0) is 4.79 Å². The molecule has 96 valence electrons. The molecule has 3 rings (SSSR count). The number of hydrogen-bond acceptors (Lipinski definition) is 2. The van der Waals surface area contributed by atoms with E-state index >= 15 is 0 Å². The Balaban J connectivity index is 1.75. The Kier molecular flexibility index (Phi) is 2.98. The van der Waals surface area contributed by atoms with Gasteiger partial charge in [0.05, 0.1) is 12.1 Å². The Morgan fingerprint density at radius 3 is 3.06 bits per heavy atom. The third kappa shape index (κ3) is 2.09. The number of benzene rings is 1. The number of rotatable bonds is 2. The van der Waals surface area contributed by atoms with Crippen LogP contribution < -0.4 is 5.32 Å². The highest BCUT2D eigenvalue weighted by Gasteiger charge is 2.40. The summed E-state index contributed by atoms with van der Waals surface area (Å²) in [4.78, 5) is 14.0. The molecule has 1 N–H and O–H groups in total. The molecule has 0 aliphatic carbocycles. The molecule has 0 aromatic heterocycles. The molecule has 0 saturated carbocycles. The highest BCUT2D eigenvalue weighted by atomic mass is 16.2. The first-order valence-corrected chi connectivity index (χ1v) is 6.87. The van der Waals surface area contributed by atoms with Gasteiger partial charge in [-0.3, -0.25) is 4.79 Å². The van der Waals surface area contributed by atoms with Crippen LogP contribution >= 0.6 is 0 Å². The van der Waals surface area contributed by atoms with Crippen LogP contribution in [0.5, 0.6) is 0 Å². The summed E-state index contributed by atoms with van der Waals surface area (Å²) in [6.07, 6.45) is 4.22. The van der Waals surface area contributed by atoms with Gasteiger partial charge in [0.2, 0.25) is 5.91 Å². The fourth-order valence-corrected chi connectivity index (χ4v) is 3.22. The largest absolute Gasteiger partial charge is 0.380 e. The number of nitrogens with zero attached hydrogens (tertiary/aromatic N) is 1. The summed E-state index contributed by atoms with van der Waals surface area (Å²) in [6.45, 7) is 3.05. The van der Waals surface area contributed by atoms with Crippen molar-refractivity contribution in [2.75, 3.05) is 11.9 Å². The first-order chi connectivity index (χ1) is 8.74. The van der Waals surface area contributed by atoms with Crippen LogP contribution in [-0.4, -0.2) is 29.4 Å². The summed E-state index contributed by atoms with van der Waals surface area (Å²) in [5, 5.41) is 3.55. The Labute approximate surface area is 108 Å². The minimum absolute atomic E-state index is 0.291. The third-order valence-corrected chi connectivity index (χ3v) is 4.10. The molecule has 2 heterocycles. The van der Waals surface area contributed by atoms with E-state index in [1.165, 1.54) is 18.4 Å². The minimum Gasteiger partial charge on any atom is -0.380 e. The quantitative estimate of drug-likeness (QED) is 0.867. The molecule has 2 aliphatic rings. The predicted octanol–water partition coefficient (Wildman–Crippen LogP) is 2.56. The highest BCUT2D eigenvalue weighted by molar-refractivity contribution is 5.81. The molecule has 1 aromatic carbocycles. The average Bonchev–Trinajstić information content (AvgIpc) is 2.67. The number of amides is 1. The monoisotopic (exact) mass is 244 g/mol. The van der Waals surface area contributed by atoms with E-state index in [0.29, 0.717) is 24.4 Å². The number of anilines is 1. The summed E-state index contributed by atoms with van der Waals surface area (Å²) < 4.78 is 0. The number of carbonyl (C=O) groups excluding carboxylic acids is 1. The Morgan fingerprint density at radius 2 is 2.22 bits per heavy atom. The Morgan fingerprint density at radius 1 is 1.33 bits per heavy atom. The molecule has 0 radical (unpaired) electrons. The van der Waals surface area contributed by atoms with Crippen LogP contribution in [0.2, 0.25) is 0 Å². The molecular weight excluding hydrogens is 224 g/mol. The van der Waals surface area contributed by atoms with Crippen molar-refractivity contribution < 1.29 is 4.79 Å².